The van der Waals surface area contributed by atoms with Crippen molar-refractivity contribution in [3.8, 4) is 6.07 Å². The van der Waals surface area contributed by atoms with Gasteiger partial charge in [0, 0.05) is 10.5 Å². The van der Waals surface area contributed by atoms with E-state index < -0.39 is 11.5 Å². The smallest absolute Gasteiger partial charge is 0.307 e. The van der Waals surface area contributed by atoms with Crippen molar-refractivity contribution in [3.05, 3.63) is 33.8 Å². The number of hydrogen-bond acceptors (Lipinski definition) is 4. The summed E-state index contributed by atoms with van der Waals surface area (Å²) in [5.41, 5.74) is 7.11. The zero-order chi connectivity index (χ0) is 15.3. The average molecular weight is 339 g/mol. The van der Waals surface area contributed by atoms with Gasteiger partial charge in [-0.25, -0.2) is 0 Å². The summed E-state index contributed by atoms with van der Waals surface area (Å²) in [5.74, 6) is -0.318. The summed E-state index contributed by atoms with van der Waals surface area (Å²) in [5, 5.41) is 9.21. The fourth-order valence-corrected chi connectivity index (χ4v) is 2.28. The Bertz CT molecular complexity index is 535. The van der Waals surface area contributed by atoms with Gasteiger partial charge in [0.15, 0.2) is 0 Å². The van der Waals surface area contributed by atoms with E-state index in [0.717, 1.165) is 15.6 Å². The second-order valence-corrected chi connectivity index (χ2v) is 6.04. The fraction of sp³-hybridized carbons (Fsp3) is 0.467. The SMILES string of the molecule is CCOC(=O)CC(N)c1cc(Br)cc(C(C)(C)C#N)c1. The minimum atomic E-state index is -0.609. The minimum absolute atomic E-state index is 0.122. The molecule has 4 nitrogen and oxygen atoms in total. The molecule has 20 heavy (non-hydrogen) atoms. The van der Waals surface area contributed by atoms with Crippen LogP contribution in [-0.2, 0) is 14.9 Å². The number of carbonyl (C=O) groups is 1. The van der Waals surface area contributed by atoms with E-state index in [1.807, 2.05) is 32.0 Å². The van der Waals surface area contributed by atoms with E-state index >= 15 is 0 Å². The predicted octanol–water partition coefficient (Wildman–Crippen LogP) is 3.20. The third-order valence-electron chi connectivity index (χ3n) is 3.04. The monoisotopic (exact) mass is 338 g/mol. The molecule has 1 aromatic carbocycles. The molecule has 0 fully saturated rings. The molecule has 0 aliphatic carbocycles. The molecule has 0 spiro atoms. The van der Waals surface area contributed by atoms with Crippen LogP contribution < -0.4 is 5.73 Å². The molecule has 108 valence electrons. The number of hydrogen-bond donors (Lipinski definition) is 1. The van der Waals surface area contributed by atoms with Crippen molar-refractivity contribution >= 4 is 21.9 Å². The van der Waals surface area contributed by atoms with Crippen LogP contribution >= 0.6 is 15.9 Å². The van der Waals surface area contributed by atoms with Crippen LogP contribution in [-0.4, -0.2) is 12.6 Å². The molecule has 0 radical (unpaired) electrons. The zero-order valence-electron chi connectivity index (χ0n) is 11.9. The van der Waals surface area contributed by atoms with Crippen molar-refractivity contribution < 1.29 is 9.53 Å². The van der Waals surface area contributed by atoms with Crippen molar-refractivity contribution in [1.29, 1.82) is 5.26 Å². The zero-order valence-corrected chi connectivity index (χ0v) is 13.5. The van der Waals surface area contributed by atoms with Crippen LogP contribution in [0.4, 0.5) is 0 Å². The van der Waals surface area contributed by atoms with Crippen LogP contribution in [0.2, 0.25) is 0 Å². The van der Waals surface area contributed by atoms with Crippen LogP contribution in [0.25, 0.3) is 0 Å². The Labute approximate surface area is 128 Å². The first kappa shape index (κ1) is 16.7. The van der Waals surface area contributed by atoms with E-state index in [9.17, 15) is 10.1 Å². The summed E-state index contributed by atoms with van der Waals surface area (Å²) in [7, 11) is 0. The van der Waals surface area contributed by atoms with Crippen molar-refractivity contribution in [2.24, 2.45) is 5.73 Å². The molecule has 1 atom stereocenters. The van der Waals surface area contributed by atoms with E-state index in [1.54, 1.807) is 6.92 Å². The lowest BCUT2D eigenvalue weighted by Crippen LogP contribution is -2.19. The van der Waals surface area contributed by atoms with Crippen molar-refractivity contribution in [2.75, 3.05) is 6.61 Å². The van der Waals surface area contributed by atoms with Crippen molar-refractivity contribution in [2.45, 2.75) is 38.6 Å². The number of benzene rings is 1. The highest BCUT2D eigenvalue weighted by molar-refractivity contribution is 9.10. The maximum atomic E-state index is 11.5. The highest BCUT2D eigenvalue weighted by Crippen LogP contribution is 2.29. The minimum Gasteiger partial charge on any atom is -0.466 e. The van der Waals surface area contributed by atoms with Gasteiger partial charge in [0.1, 0.15) is 0 Å². The molecule has 5 heteroatoms. The molecular weight excluding hydrogens is 320 g/mol. The van der Waals surface area contributed by atoms with Gasteiger partial charge in [-0.3, -0.25) is 4.79 Å². The van der Waals surface area contributed by atoms with Crippen molar-refractivity contribution in [1.82, 2.24) is 0 Å². The number of nitriles is 1. The van der Waals surface area contributed by atoms with Gasteiger partial charge < -0.3 is 10.5 Å². The normalized spacial score (nSPS) is 12.6. The van der Waals surface area contributed by atoms with Crippen molar-refractivity contribution in [3.63, 3.8) is 0 Å². The number of halogens is 1. The second-order valence-electron chi connectivity index (χ2n) is 5.13. The Morgan fingerprint density at radius 2 is 2.15 bits per heavy atom. The number of ether oxygens (including phenoxy) is 1. The van der Waals surface area contributed by atoms with E-state index in [1.165, 1.54) is 0 Å². The molecular formula is C15H19BrN2O2. The van der Waals surface area contributed by atoms with Crippen LogP contribution in [0.15, 0.2) is 22.7 Å². The second kappa shape index (κ2) is 6.87. The number of esters is 1. The largest absolute Gasteiger partial charge is 0.466 e. The number of carbonyl (C=O) groups excluding carboxylic acids is 1. The fourth-order valence-electron chi connectivity index (χ4n) is 1.77. The molecule has 0 heterocycles. The van der Waals surface area contributed by atoms with Crippen LogP contribution in [0.1, 0.15) is 44.4 Å². The maximum absolute atomic E-state index is 11.5. The Hall–Kier alpha value is -1.38. The van der Waals surface area contributed by atoms with Gasteiger partial charge in [-0.05, 0) is 44.0 Å². The van der Waals surface area contributed by atoms with E-state index in [2.05, 4.69) is 22.0 Å². The highest BCUT2D eigenvalue weighted by Gasteiger charge is 2.22. The topological polar surface area (TPSA) is 76.1 Å². The number of rotatable bonds is 5. The number of nitrogens with two attached hydrogens (primary N) is 1. The Morgan fingerprint density at radius 3 is 2.70 bits per heavy atom. The Balaban J connectivity index is 3.02. The molecule has 0 amide bonds. The molecule has 1 unspecified atom stereocenters. The molecule has 0 saturated carbocycles. The summed E-state index contributed by atoms with van der Waals surface area (Å²) in [6, 6.07) is 7.44. The molecule has 0 bridgehead atoms. The van der Waals surface area contributed by atoms with E-state index in [-0.39, 0.29) is 12.4 Å². The van der Waals surface area contributed by atoms with Gasteiger partial charge in [-0.1, -0.05) is 22.0 Å². The average Bonchev–Trinajstić information content (AvgIpc) is 2.38. The molecule has 0 aromatic heterocycles. The molecule has 0 aliphatic rings. The van der Waals surface area contributed by atoms with Gasteiger partial charge >= 0.3 is 5.97 Å². The summed E-state index contributed by atoms with van der Waals surface area (Å²) in [6.07, 6.45) is 0.122. The molecule has 1 aromatic rings. The molecule has 0 aliphatic heterocycles. The van der Waals surface area contributed by atoms with Crippen LogP contribution in [0, 0.1) is 11.3 Å². The first-order chi connectivity index (χ1) is 9.30. The molecule has 0 saturated heterocycles. The first-order valence-electron chi connectivity index (χ1n) is 6.43. The van der Waals surface area contributed by atoms with Gasteiger partial charge in [0.25, 0.3) is 0 Å². The molecule has 2 N–H and O–H groups in total. The standard InChI is InChI=1S/C15H19BrN2O2/c1-4-20-14(19)8-13(18)10-5-11(7-12(16)6-10)15(2,3)9-17/h5-7,13H,4,8,18H2,1-3H3. The number of nitrogens with zero attached hydrogens (tertiary/aromatic N) is 1. The van der Waals surface area contributed by atoms with Gasteiger partial charge in [0.05, 0.1) is 24.5 Å². The highest BCUT2D eigenvalue weighted by atomic mass is 79.9. The Morgan fingerprint density at radius 1 is 1.50 bits per heavy atom. The van der Waals surface area contributed by atoms with E-state index in [0.29, 0.717) is 6.61 Å². The lowest BCUT2D eigenvalue weighted by atomic mass is 9.84. The van der Waals surface area contributed by atoms with Gasteiger partial charge in [0.2, 0.25) is 0 Å². The first-order valence-corrected chi connectivity index (χ1v) is 7.23. The Kier molecular flexibility index (Phi) is 5.73. The van der Waals surface area contributed by atoms with Gasteiger partial charge in [-0.2, -0.15) is 5.26 Å². The maximum Gasteiger partial charge on any atom is 0.307 e. The summed E-state index contributed by atoms with van der Waals surface area (Å²) in [6.45, 7) is 5.79. The quantitative estimate of drug-likeness (QED) is 0.836. The summed E-state index contributed by atoms with van der Waals surface area (Å²) < 4.78 is 5.74. The third-order valence-corrected chi connectivity index (χ3v) is 3.50. The predicted molar refractivity (Wildman–Crippen MR) is 81.0 cm³/mol. The molecule has 1 rings (SSSR count). The lowest BCUT2D eigenvalue weighted by Gasteiger charge is -2.19. The summed E-state index contributed by atoms with van der Waals surface area (Å²) >= 11 is 3.42. The lowest BCUT2D eigenvalue weighted by molar-refractivity contribution is -0.143. The van der Waals surface area contributed by atoms with Crippen LogP contribution in [0.5, 0.6) is 0 Å². The van der Waals surface area contributed by atoms with Crippen LogP contribution in [0.3, 0.4) is 0 Å². The third kappa shape index (κ3) is 4.32. The van der Waals surface area contributed by atoms with E-state index in [4.69, 9.17) is 10.5 Å². The van der Waals surface area contributed by atoms with Gasteiger partial charge in [-0.15, -0.1) is 0 Å². The summed E-state index contributed by atoms with van der Waals surface area (Å²) in [4.78, 5) is 11.5.